The van der Waals surface area contributed by atoms with Crippen molar-refractivity contribution in [1.29, 1.82) is 0 Å². The maximum atomic E-state index is 10.5. The molecule has 0 aliphatic rings. The van der Waals surface area contributed by atoms with E-state index in [0.29, 0.717) is 11.4 Å². The zero-order valence-electron chi connectivity index (χ0n) is 8.44. The van der Waals surface area contributed by atoms with Crippen LogP contribution in [0.1, 0.15) is 0 Å². The van der Waals surface area contributed by atoms with Gasteiger partial charge in [0.1, 0.15) is 0 Å². The predicted molar refractivity (Wildman–Crippen MR) is 60.5 cm³/mol. The van der Waals surface area contributed by atoms with E-state index >= 15 is 0 Å². The summed E-state index contributed by atoms with van der Waals surface area (Å²) in [6.07, 6.45) is 0. The van der Waals surface area contributed by atoms with Gasteiger partial charge in [0.05, 0.1) is 11.4 Å². The van der Waals surface area contributed by atoms with Crippen LogP contribution in [0.25, 0.3) is 11.1 Å². The molecule has 0 amide bonds. The van der Waals surface area contributed by atoms with E-state index in [1.807, 2.05) is 23.1 Å². The lowest BCUT2D eigenvalue weighted by Gasteiger charge is -2.05. The lowest BCUT2D eigenvalue weighted by molar-refractivity contribution is 0.274. The third kappa shape index (κ3) is 2.13. The zero-order chi connectivity index (χ0) is 11.4. The second kappa shape index (κ2) is 4.65. The Hall–Kier alpha value is -2.04. The Morgan fingerprint density at radius 2 is 1.12 bits per heavy atom. The molecule has 0 aliphatic heterocycles. The quantitative estimate of drug-likeness (QED) is 0.771. The van der Waals surface area contributed by atoms with Crippen molar-refractivity contribution in [2.45, 2.75) is 0 Å². The first-order chi connectivity index (χ1) is 7.83. The third-order valence-corrected chi connectivity index (χ3v) is 2.29. The topological polar surface area (TPSA) is 63.9 Å². The van der Waals surface area contributed by atoms with Gasteiger partial charge in [-0.3, -0.25) is 0 Å². The van der Waals surface area contributed by atoms with Gasteiger partial charge in [0.2, 0.25) is 0 Å². The highest BCUT2D eigenvalue weighted by Gasteiger charge is 2.00. The Kier molecular flexibility index (Phi) is 3.05. The van der Waals surface area contributed by atoms with Crippen LogP contribution < -0.4 is 11.0 Å². The van der Waals surface area contributed by atoms with Gasteiger partial charge in [0.25, 0.3) is 0 Å². The molecule has 0 aliphatic carbocycles. The van der Waals surface area contributed by atoms with E-state index in [1.54, 1.807) is 36.4 Å². The molecule has 0 aromatic heterocycles. The number of anilines is 2. The number of nitrogens with one attached hydrogen (secondary N) is 2. The van der Waals surface area contributed by atoms with E-state index in [0.717, 1.165) is 11.1 Å². The molecule has 2 rings (SSSR count). The summed E-state index contributed by atoms with van der Waals surface area (Å²) in [4.78, 5) is 0. The number of rotatable bonds is 3. The Labute approximate surface area is 93.1 Å². The van der Waals surface area contributed by atoms with Crippen molar-refractivity contribution in [3.63, 3.8) is 0 Å². The summed E-state index contributed by atoms with van der Waals surface area (Å²) in [7, 11) is 0. The van der Waals surface area contributed by atoms with Crippen LogP contribution in [0.4, 0.5) is 11.4 Å². The van der Waals surface area contributed by atoms with Crippen molar-refractivity contribution in [1.82, 2.24) is 0 Å². The highest BCUT2D eigenvalue weighted by atomic mass is 16.5. The second-order valence-corrected chi connectivity index (χ2v) is 3.37. The van der Waals surface area contributed by atoms with E-state index in [2.05, 4.69) is 0 Å². The van der Waals surface area contributed by atoms with E-state index < -0.39 is 0 Å². The average molecular weight is 214 g/mol. The summed E-state index contributed by atoms with van der Waals surface area (Å²) in [6, 6.07) is 14.2. The lowest BCUT2D eigenvalue weighted by atomic mass is 10.0. The average Bonchev–Trinajstić information content (AvgIpc) is 2.39. The monoisotopic (exact) mass is 214 g/mol. The van der Waals surface area contributed by atoms with E-state index in [-0.39, 0.29) is 0 Å². The van der Waals surface area contributed by atoms with Gasteiger partial charge in [0.15, 0.2) is 0 Å². The molecular formula is C12H10N2O2. The van der Waals surface area contributed by atoms with Crippen LogP contribution in [0.3, 0.4) is 0 Å². The summed E-state index contributed by atoms with van der Waals surface area (Å²) in [6.45, 7) is 0. The molecule has 0 bridgehead atoms. The summed E-state index contributed by atoms with van der Waals surface area (Å²) in [5.74, 6) is 0. The smallest absolute Gasteiger partial charge is 0.0641 e. The highest BCUT2D eigenvalue weighted by molar-refractivity contribution is 5.70. The SMILES string of the molecule is [O]Nc1cccc(-c2cccc(N[O])c2)c1. The van der Waals surface area contributed by atoms with Gasteiger partial charge in [0, 0.05) is 0 Å². The minimum absolute atomic E-state index is 0.498. The minimum Gasteiger partial charge on any atom is -0.233 e. The van der Waals surface area contributed by atoms with Crippen molar-refractivity contribution in [3.8, 4) is 11.1 Å². The molecule has 0 saturated carbocycles. The maximum absolute atomic E-state index is 10.5. The van der Waals surface area contributed by atoms with Crippen molar-refractivity contribution in [2.75, 3.05) is 11.0 Å². The molecular weight excluding hydrogens is 204 g/mol. The summed E-state index contributed by atoms with van der Waals surface area (Å²) >= 11 is 0. The van der Waals surface area contributed by atoms with Crippen molar-refractivity contribution in [2.24, 2.45) is 0 Å². The molecule has 0 fully saturated rings. The van der Waals surface area contributed by atoms with E-state index in [1.165, 1.54) is 0 Å². The number of benzene rings is 2. The zero-order valence-corrected chi connectivity index (χ0v) is 8.44. The Morgan fingerprint density at radius 3 is 1.50 bits per heavy atom. The van der Waals surface area contributed by atoms with Crippen LogP contribution in [0, 0.1) is 0 Å². The second-order valence-electron chi connectivity index (χ2n) is 3.37. The first-order valence-electron chi connectivity index (χ1n) is 4.80. The van der Waals surface area contributed by atoms with E-state index in [4.69, 9.17) is 0 Å². The molecule has 4 heteroatoms. The van der Waals surface area contributed by atoms with Crippen LogP contribution in [0.15, 0.2) is 48.5 Å². The normalized spacial score (nSPS) is 9.88. The number of hydrogen-bond acceptors (Lipinski definition) is 2. The van der Waals surface area contributed by atoms with Gasteiger partial charge in [-0.25, -0.2) is 11.0 Å². The van der Waals surface area contributed by atoms with Crippen LogP contribution in [0.2, 0.25) is 0 Å². The summed E-state index contributed by atoms with van der Waals surface area (Å²) < 4.78 is 0. The predicted octanol–water partition coefficient (Wildman–Crippen LogP) is 2.87. The lowest BCUT2D eigenvalue weighted by Crippen LogP contribution is -1.89. The molecule has 0 spiro atoms. The molecule has 2 N–H and O–H groups in total. The fourth-order valence-corrected chi connectivity index (χ4v) is 1.52. The Bertz CT molecular complexity index is 440. The Balaban J connectivity index is 2.41. The highest BCUT2D eigenvalue weighted by Crippen LogP contribution is 2.24. The number of hydrogen-bond donors (Lipinski definition) is 2. The molecule has 0 unspecified atom stereocenters. The molecule has 80 valence electrons. The molecule has 2 aromatic rings. The molecule has 16 heavy (non-hydrogen) atoms. The summed E-state index contributed by atoms with van der Waals surface area (Å²) in [5, 5.41) is 21.1. The summed E-state index contributed by atoms with van der Waals surface area (Å²) in [5.41, 5.74) is 6.45. The molecule has 0 saturated heterocycles. The van der Waals surface area contributed by atoms with E-state index in [9.17, 15) is 10.4 Å². The van der Waals surface area contributed by atoms with Gasteiger partial charge >= 0.3 is 0 Å². The van der Waals surface area contributed by atoms with Crippen molar-refractivity contribution >= 4 is 11.4 Å². The van der Waals surface area contributed by atoms with Gasteiger partial charge in [-0.1, -0.05) is 34.7 Å². The fraction of sp³-hybridized carbons (Fsp3) is 0. The molecule has 0 heterocycles. The first-order valence-corrected chi connectivity index (χ1v) is 4.80. The van der Waals surface area contributed by atoms with Crippen molar-refractivity contribution in [3.05, 3.63) is 48.5 Å². The largest absolute Gasteiger partial charge is 0.233 e. The maximum Gasteiger partial charge on any atom is 0.0641 e. The first kappa shape index (κ1) is 10.5. The van der Waals surface area contributed by atoms with Crippen LogP contribution in [-0.2, 0) is 10.4 Å². The van der Waals surface area contributed by atoms with Crippen LogP contribution in [0.5, 0.6) is 0 Å². The fourth-order valence-electron chi connectivity index (χ4n) is 1.52. The van der Waals surface area contributed by atoms with Gasteiger partial charge in [-0.2, -0.15) is 0 Å². The minimum atomic E-state index is 0.498. The molecule has 2 radical (unpaired) electrons. The molecule has 0 atom stereocenters. The standard InChI is InChI=1S/C12H10N2O2/c15-13-11-5-1-3-9(7-11)10-4-2-6-12(8-10)14-16/h1-8,13-14H. The van der Waals surface area contributed by atoms with Gasteiger partial charge in [-0.05, 0) is 35.4 Å². The molecule has 4 nitrogen and oxygen atoms in total. The third-order valence-electron chi connectivity index (χ3n) is 2.29. The Morgan fingerprint density at radius 1 is 0.688 bits per heavy atom. The van der Waals surface area contributed by atoms with Crippen LogP contribution >= 0.6 is 0 Å². The molecule has 2 aromatic carbocycles. The van der Waals surface area contributed by atoms with Crippen molar-refractivity contribution < 1.29 is 10.4 Å². The van der Waals surface area contributed by atoms with Crippen LogP contribution in [-0.4, -0.2) is 0 Å². The van der Waals surface area contributed by atoms with Gasteiger partial charge in [-0.15, -0.1) is 0 Å². The van der Waals surface area contributed by atoms with Gasteiger partial charge < -0.3 is 0 Å².